The van der Waals surface area contributed by atoms with Crippen LogP contribution in [0.25, 0.3) is 10.1 Å². The van der Waals surface area contributed by atoms with Crippen LogP contribution in [0, 0.1) is 5.41 Å². The van der Waals surface area contributed by atoms with Gasteiger partial charge in [0.2, 0.25) is 11.8 Å². The van der Waals surface area contributed by atoms with Gasteiger partial charge in [-0.05, 0) is 47.4 Å². The summed E-state index contributed by atoms with van der Waals surface area (Å²) in [4.78, 5) is 62.6. The second kappa shape index (κ2) is 12.7. The van der Waals surface area contributed by atoms with E-state index in [2.05, 4.69) is 5.32 Å². The van der Waals surface area contributed by atoms with Gasteiger partial charge in [0.05, 0.1) is 10.6 Å². The van der Waals surface area contributed by atoms with Gasteiger partial charge in [-0.2, -0.15) is 8.78 Å². The van der Waals surface area contributed by atoms with Crippen molar-refractivity contribution >= 4 is 56.6 Å². The molecule has 1 unspecified atom stereocenters. The first-order valence-corrected chi connectivity index (χ1v) is 19.1. The fourth-order valence-corrected chi connectivity index (χ4v) is 9.15. The molecule has 2 aromatic carbocycles. The molecule has 0 saturated carbocycles. The van der Waals surface area contributed by atoms with Gasteiger partial charge >= 0.3 is 13.3 Å². The summed E-state index contributed by atoms with van der Waals surface area (Å²) in [5.74, 6) is -1.68. The van der Waals surface area contributed by atoms with Crippen molar-refractivity contribution in [3.63, 3.8) is 0 Å². The Bertz CT molecular complexity index is 1860. The lowest BCUT2D eigenvalue weighted by atomic mass is 9.85. The molecule has 0 aliphatic carbocycles. The zero-order valence-electron chi connectivity index (χ0n) is 25.9. The predicted molar refractivity (Wildman–Crippen MR) is 173 cm³/mol. The number of alkyl halides is 2. The third-order valence-electron chi connectivity index (χ3n) is 8.61. The molecule has 2 saturated heterocycles. The molecule has 47 heavy (non-hydrogen) atoms. The van der Waals surface area contributed by atoms with Gasteiger partial charge in [0.15, 0.2) is 9.84 Å². The molecule has 0 bridgehead atoms. The van der Waals surface area contributed by atoms with Crippen LogP contribution in [0.2, 0.25) is 0 Å². The molecule has 2 aliphatic rings. The Morgan fingerprint density at radius 1 is 1.04 bits per heavy atom. The molecule has 2 aliphatic heterocycles. The highest BCUT2D eigenvalue weighted by Crippen LogP contribution is 2.59. The average Bonchev–Trinajstić information content (AvgIpc) is 3.66. The highest BCUT2D eigenvalue weighted by atomic mass is 32.2. The minimum Gasteiger partial charge on any atom is -0.339 e. The van der Waals surface area contributed by atoms with Crippen molar-refractivity contribution in [2.24, 2.45) is 5.41 Å². The number of benzene rings is 2. The van der Waals surface area contributed by atoms with E-state index in [1.54, 1.807) is 51.1 Å². The topological polar surface area (TPSA) is 161 Å². The number of carbonyl (C=O) groups is 3. The second-order valence-electron chi connectivity index (χ2n) is 13.0. The molecule has 1 aromatic heterocycles. The fraction of sp³-hybridized carbons (Fsp3) is 0.452. The summed E-state index contributed by atoms with van der Waals surface area (Å²) in [6, 6.07) is 11.1. The molecule has 0 spiro atoms. The Hall–Kier alpha value is -3.23. The van der Waals surface area contributed by atoms with Gasteiger partial charge in [0, 0.05) is 29.9 Å². The van der Waals surface area contributed by atoms with Gasteiger partial charge in [-0.25, -0.2) is 8.42 Å². The lowest BCUT2D eigenvalue weighted by molar-refractivity contribution is -0.146. The van der Waals surface area contributed by atoms with E-state index in [9.17, 15) is 36.1 Å². The first-order chi connectivity index (χ1) is 21.8. The van der Waals surface area contributed by atoms with Crippen molar-refractivity contribution in [1.29, 1.82) is 0 Å². The summed E-state index contributed by atoms with van der Waals surface area (Å²) >= 11 is 0.965. The monoisotopic (exact) mass is 711 g/mol. The quantitative estimate of drug-likeness (QED) is 0.307. The van der Waals surface area contributed by atoms with Crippen molar-refractivity contribution in [3.05, 3.63) is 70.6 Å². The fourth-order valence-electron chi connectivity index (χ4n) is 5.99. The second-order valence-corrected chi connectivity index (χ2v) is 18.0. The summed E-state index contributed by atoms with van der Waals surface area (Å²) < 4.78 is 66.2. The third kappa shape index (κ3) is 7.00. The molecule has 2 fully saturated rings. The van der Waals surface area contributed by atoms with E-state index in [1.807, 2.05) is 0 Å². The van der Waals surface area contributed by atoms with E-state index in [1.165, 1.54) is 21.9 Å². The molecular weight excluding hydrogens is 675 g/mol. The molecule has 254 valence electrons. The van der Waals surface area contributed by atoms with Gasteiger partial charge in [-0.15, -0.1) is 11.3 Å². The highest BCUT2D eigenvalue weighted by Gasteiger charge is 2.50. The maximum absolute atomic E-state index is 14.3. The standard InChI is InChI=1S/C31H36F2N3O8PS2/c1-30(2,3)26(34-27(37)24-17-20-16-21(11-12-23(20)46-24)31(32,33)45(40,41)42)29(39)36-13-7-10-22(36)28(38)35-14-15-47(43,44)25(18-35)19-8-5-4-6-9-19/h4-6,8-9,11-12,16-17,22,25-26H,7,10,13-15,18H2,1-3H3,(H,34,37)(H2,40,41,42)/t22-,25-,26?/m0/s1. The highest BCUT2D eigenvalue weighted by molar-refractivity contribution is 7.91. The van der Waals surface area contributed by atoms with Gasteiger partial charge in [-0.3, -0.25) is 18.9 Å². The summed E-state index contributed by atoms with van der Waals surface area (Å²) in [5.41, 5.74) is -5.52. The van der Waals surface area contributed by atoms with Crippen LogP contribution in [0.15, 0.2) is 54.6 Å². The van der Waals surface area contributed by atoms with Crippen LogP contribution in [-0.4, -0.2) is 83.2 Å². The van der Waals surface area contributed by atoms with Gasteiger partial charge in [0.25, 0.3) is 5.91 Å². The van der Waals surface area contributed by atoms with Crippen LogP contribution in [0.1, 0.15) is 59.7 Å². The molecule has 0 radical (unpaired) electrons. The minimum absolute atomic E-state index is 0.0101. The maximum Gasteiger partial charge on any atom is 0.399 e. The van der Waals surface area contributed by atoms with Crippen molar-refractivity contribution in [1.82, 2.24) is 15.1 Å². The van der Waals surface area contributed by atoms with E-state index in [-0.39, 0.29) is 41.6 Å². The number of rotatable bonds is 7. The van der Waals surface area contributed by atoms with E-state index >= 15 is 0 Å². The smallest absolute Gasteiger partial charge is 0.339 e. The number of likely N-dealkylation sites (tertiary alicyclic amines) is 1. The minimum atomic E-state index is -5.79. The van der Waals surface area contributed by atoms with Gasteiger partial charge in [-0.1, -0.05) is 57.2 Å². The Kier molecular flexibility index (Phi) is 9.45. The number of hydrogen-bond donors (Lipinski definition) is 3. The van der Waals surface area contributed by atoms with Crippen molar-refractivity contribution in [2.45, 2.75) is 56.6 Å². The summed E-state index contributed by atoms with van der Waals surface area (Å²) in [6.07, 6.45) is 0.922. The van der Waals surface area contributed by atoms with E-state index in [0.717, 1.165) is 23.5 Å². The SMILES string of the molecule is CC(C)(C)C(NC(=O)c1cc2cc(C(F)(F)P(=O)(O)O)ccc2s1)C(=O)N1CCC[C@H]1C(=O)N1CCS(=O)(=O)[C@H](c2ccccc2)C1. The van der Waals surface area contributed by atoms with E-state index in [4.69, 9.17) is 9.79 Å². The molecule has 3 atom stereocenters. The number of carbonyl (C=O) groups excluding carboxylic acids is 3. The van der Waals surface area contributed by atoms with Crippen LogP contribution < -0.4 is 5.32 Å². The lowest BCUT2D eigenvalue weighted by Crippen LogP contribution is -2.59. The Morgan fingerprint density at radius 3 is 2.36 bits per heavy atom. The van der Waals surface area contributed by atoms with Crippen LogP contribution in [0.3, 0.4) is 0 Å². The molecule has 3 heterocycles. The largest absolute Gasteiger partial charge is 0.399 e. The van der Waals surface area contributed by atoms with Crippen LogP contribution in [0.4, 0.5) is 8.78 Å². The van der Waals surface area contributed by atoms with Crippen molar-refractivity contribution < 1.29 is 45.9 Å². The maximum atomic E-state index is 14.3. The Labute approximate surface area is 275 Å². The number of nitrogens with zero attached hydrogens (tertiary/aromatic N) is 2. The summed E-state index contributed by atoms with van der Waals surface area (Å²) in [6.45, 7) is 5.51. The van der Waals surface area contributed by atoms with Gasteiger partial charge in [0.1, 0.15) is 17.3 Å². The number of thiophene rings is 1. The molecule has 11 nitrogen and oxygen atoms in total. The number of hydrogen-bond acceptors (Lipinski definition) is 7. The lowest BCUT2D eigenvalue weighted by Gasteiger charge is -2.38. The van der Waals surface area contributed by atoms with E-state index in [0.29, 0.717) is 23.1 Å². The molecular formula is C31H36F2N3O8PS2. The Balaban J connectivity index is 1.34. The molecule has 5 rings (SSSR count). The van der Waals surface area contributed by atoms with E-state index < -0.39 is 63.2 Å². The predicted octanol–water partition coefficient (Wildman–Crippen LogP) is 4.26. The molecule has 3 amide bonds. The zero-order chi connectivity index (χ0) is 34.5. The van der Waals surface area contributed by atoms with Crippen LogP contribution >= 0.6 is 18.9 Å². The summed E-state index contributed by atoms with van der Waals surface area (Å²) in [7, 11) is -9.28. The number of fused-ring (bicyclic) bond motifs is 1. The average molecular weight is 712 g/mol. The Morgan fingerprint density at radius 2 is 1.72 bits per heavy atom. The van der Waals surface area contributed by atoms with Crippen LogP contribution in [-0.2, 0) is 29.7 Å². The first-order valence-electron chi connectivity index (χ1n) is 15.0. The first kappa shape index (κ1) is 35.1. The number of nitrogens with one attached hydrogen (secondary N) is 1. The van der Waals surface area contributed by atoms with Crippen LogP contribution in [0.5, 0.6) is 0 Å². The normalized spacial score (nSPS) is 21.1. The number of halogens is 2. The molecule has 16 heteroatoms. The number of amides is 3. The molecule has 3 aromatic rings. The zero-order valence-corrected chi connectivity index (χ0v) is 28.5. The molecule has 3 N–H and O–H groups in total. The summed E-state index contributed by atoms with van der Waals surface area (Å²) in [5, 5.41) is 2.05. The van der Waals surface area contributed by atoms with Crippen molar-refractivity contribution in [3.8, 4) is 0 Å². The van der Waals surface area contributed by atoms with Crippen molar-refractivity contribution in [2.75, 3.05) is 25.4 Å². The van der Waals surface area contributed by atoms with Gasteiger partial charge < -0.3 is 24.9 Å². The number of sulfone groups is 1. The third-order valence-corrected chi connectivity index (χ3v) is 12.8.